The van der Waals surface area contributed by atoms with Gasteiger partial charge < -0.3 is 61.6 Å². The standard InChI is InChI=1S/C31H60O14/c1-3-5-31(32)45-30-29-44-28-27-43-26-25-42-24-23-41-22-21-40-20-19-39-18-17-38-16-15-37-14-13-36-12-11-35-10-9-34-8-7-33-6-4-2/h4H,2-3,5-30H2,1H3. The minimum atomic E-state index is -0.189. The third kappa shape index (κ3) is 40.7. The van der Waals surface area contributed by atoms with Gasteiger partial charge in [0.1, 0.15) is 6.61 Å². The topological polar surface area (TPSA) is 137 Å². The fourth-order valence-electron chi connectivity index (χ4n) is 3.08. The largest absolute Gasteiger partial charge is 0.463 e. The third-order valence-electron chi connectivity index (χ3n) is 5.27. The number of hydrogen-bond donors (Lipinski definition) is 0. The highest BCUT2D eigenvalue weighted by Gasteiger charge is 2.00. The Labute approximate surface area is 270 Å². The summed E-state index contributed by atoms with van der Waals surface area (Å²) in [6.07, 6.45) is 2.93. The highest BCUT2D eigenvalue weighted by molar-refractivity contribution is 5.69. The summed E-state index contributed by atoms with van der Waals surface area (Å²) in [5.41, 5.74) is 0. The second kappa shape index (κ2) is 40.8. The number of hydrogen-bond acceptors (Lipinski definition) is 14. The number of carbonyl (C=O) groups excluding carboxylic acids is 1. The smallest absolute Gasteiger partial charge is 0.305 e. The van der Waals surface area contributed by atoms with Crippen molar-refractivity contribution >= 4 is 5.97 Å². The van der Waals surface area contributed by atoms with E-state index >= 15 is 0 Å². The van der Waals surface area contributed by atoms with Crippen molar-refractivity contribution in [3.8, 4) is 0 Å². The summed E-state index contributed by atoms with van der Waals surface area (Å²) in [4.78, 5) is 11.2. The van der Waals surface area contributed by atoms with Crippen LogP contribution in [0.25, 0.3) is 0 Å². The lowest BCUT2D eigenvalue weighted by atomic mass is 10.3. The second-order valence-corrected chi connectivity index (χ2v) is 9.07. The van der Waals surface area contributed by atoms with E-state index in [1.165, 1.54) is 0 Å². The molecule has 0 radical (unpaired) electrons. The molecule has 0 aromatic rings. The van der Waals surface area contributed by atoms with Gasteiger partial charge in [0.25, 0.3) is 0 Å². The molecule has 0 aliphatic rings. The van der Waals surface area contributed by atoms with E-state index in [-0.39, 0.29) is 12.6 Å². The van der Waals surface area contributed by atoms with E-state index < -0.39 is 0 Å². The summed E-state index contributed by atoms with van der Waals surface area (Å²) in [5.74, 6) is -0.189. The average Bonchev–Trinajstić information content (AvgIpc) is 3.04. The lowest BCUT2D eigenvalue weighted by Gasteiger charge is -2.09. The maximum absolute atomic E-state index is 11.2. The first kappa shape index (κ1) is 43.7. The van der Waals surface area contributed by atoms with Crippen LogP contribution in [0.15, 0.2) is 12.7 Å². The summed E-state index contributed by atoms with van der Waals surface area (Å²) in [6, 6.07) is 0. The predicted molar refractivity (Wildman–Crippen MR) is 166 cm³/mol. The molecule has 45 heavy (non-hydrogen) atoms. The van der Waals surface area contributed by atoms with Gasteiger partial charge in [-0.05, 0) is 6.42 Å². The molecule has 0 aliphatic carbocycles. The van der Waals surface area contributed by atoms with Crippen molar-refractivity contribution in [2.45, 2.75) is 19.8 Å². The minimum absolute atomic E-state index is 0.189. The number of ether oxygens (including phenoxy) is 13. The van der Waals surface area contributed by atoms with Crippen molar-refractivity contribution in [1.29, 1.82) is 0 Å². The Morgan fingerprint density at radius 3 is 0.844 bits per heavy atom. The summed E-state index contributed by atoms with van der Waals surface area (Å²) >= 11 is 0. The van der Waals surface area contributed by atoms with Crippen LogP contribution in [-0.2, 0) is 66.4 Å². The Morgan fingerprint density at radius 1 is 0.400 bits per heavy atom. The average molecular weight is 657 g/mol. The molecule has 0 saturated carbocycles. The van der Waals surface area contributed by atoms with Crippen LogP contribution < -0.4 is 0 Å². The van der Waals surface area contributed by atoms with Gasteiger partial charge in [-0.1, -0.05) is 13.0 Å². The van der Waals surface area contributed by atoms with E-state index in [0.717, 1.165) is 6.42 Å². The SMILES string of the molecule is C=CCOCCOCCOCCOCCOCCOCCOCCOCCOCCOCCOCCOCCOC(=O)CCC. The quantitative estimate of drug-likeness (QED) is 0.0538. The minimum Gasteiger partial charge on any atom is -0.463 e. The highest BCUT2D eigenvalue weighted by Crippen LogP contribution is 1.91. The predicted octanol–water partition coefficient (Wildman–Crippen LogP) is 1.71. The van der Waals surface area contributed by atoms with Crippen LogP contribution in [0.2, 0.25) is 0 Å². The molecule has 0 fully saturated rings. The van der Waals surface area contributed by atoms with Gasteiger partial charge in [0.2, 0.25) is 0 Å². The summed E-state index contributed by atoms with van der Waals surface area (Å²) in [6.45, 7) is 17.8. The molecule has 0 aromatic heterocycles. The Hall–Kier alpha value is -1.27. The van der Waals surface area contributed by atoms with E-state index in [2.05, 4.69) is 6.58 Å². The molecule has 0 saturated heterocycles. The summed E-state index contributed by atoms with van der Waals surface area (Å²) in [5, 5.41) is 0. The van der Waals surface area contributed by atoms with E-state index in [4.69, 9.17) is 61.6 Å². The van der Waals surface area contributed by atoms with Gasteiger partial charge in [-0.2, -0.15) is 0 Å². The van der Waals surface area contributed by atoms with Gasteiger partial charge in [-0.3, -0.25) is 4.79 Å². The molecule has 268 valence electrons. The van der Waals surface area contributed by atoms with Crippen molar-refractivity contribution in [3.05, 3.63) is 12.7 Å². The van der Waals surface area contributed by atoms with E-state index in [9.17, 15) is 4.79 Å². The monoisotopic (exact) mass is 656 g/mol. The Bertz CT molecular complexity index is 584. The maximum atomic E-state index is 11.2. The second-order valence-electron chi connectivity index (χ2n) is 9.07. The highest BCUT2D eigenvalue weighted by atomic mass is 16.6. The van der Waals surface area contributed by atoms with Crippen LogP contribution >= 0.6 is 0 Å². The van der Waals surface area contributed by atoms with Crippen molar-refractivity contribution in [1.82, 2.24) is 0 Å². The first-order valence-electron chi connectivity index (χ1n) is 16.0. The number of rotatable bonds is 40. The maximum Gasteiger partial charge on any atom is 0.305 e. The van der Waals surface area contributed by atoms with Crippen LogP contribution in [0.4, 0.5) is 0 Å². The first-order chi connectivity index (χ1) is 22.3. The molecule has 14 heteroatoms. The zero-order valence-electron chi connectivity index (χ0n) is 27.6. The molecular formula is C31H60O14. The van der Waals surface area contributed by atoms with E-state index in [1.54, 1.807) is 6.08 Å². The van der Waals surface area contributed by atoms with Crippen LogP contribution in [0, 0.1) is 0 Å². The third-order valence-corrected chi connectivity index (χ3v) is 5.27. The van der Waals surface area contributed by atoms with Crippen LogP contribution in [-0.4, -0.2) is 171 Å². The van der Waals surface area contributed by atoms with Gasteiger partial charge in [-0.15, -0.1) is 6.58 Å². The Kier molecular flexibility index (Phi) is 39.6. The van der Waals surface area contributed by atoms with Gasteiger partial charge >= 0.3 is 5.97 Å². The van der Waals surface area contributed by atoms with Crippen molar-refractivity contribution in [3.63, 3.8) is 0 Å². The van der Waals surface area contributed by atoms with Crippen LogP contribution in [0.1, 0.15) is 19.8 Å². The van der Waals surface area contributed by atoms with Gasteiger partial charge in [-0.25, -0.2) is 0 Å². The fourth-order valence-corrected chi connectivity index (χ4v) is 3.08. The van der Waals surface area contributed by atoms with Gasteiger partial charge in [0.15, 0.2) is 0 Å². The van der Waals surface area contributed by atoms with Crippen molar-refractivity contribution in [2.24, 2.45) is 0 Å². The van der Waals surface area contributed by atoms with E-state index in [1.807, 2.05) is 6.92 Å². The lowest BCUT2D eigenvalue weighted by molar-refractivity contribution is -0.145. The van der Waals surface area contributed by atoms with Crippen molar-refractivity contribution < 1.29 is 66.4 Å². The summed E-state index contributed by atoms with van der Waals surface area (Å²) < 4.78 is 69.9. The molecule has 0 N–H and O–H groups in total. The van der Waals surface area contributed by atoms with Gasteiger partial charge in [0.05, 0.1) is 159 Å². The van der Waals surface area contributed by atoms with Gasteiger partial charge in [0, 0.05) is 6.42 Å². The van der Waals surface area contributed by atoms with Crippen LogP contribution in [0.3, 0.4) is 0 Å². The molecule has 0 heterocycles. The molecular weight excluding hydrogens is 596 g/mol. The Morgan fingerprint density at radius 2 is 0.622 bits per heavy atom. The molecule has 0 unspecified atom stereocenters. The molecule has 0 spiro atoms. The molecule has 0 aliphatic heterocycles. The Balaban J connectivity index is 3.06. The number of esters is 1. The molecule has 0 amide bonds. The van der Waals surface area contributed by atoms with Crippen LogP contribution in [0.5, 0.6) is 0 Å². The van der Waals surface area contributed by atoms with Crippen molar-refractivity contribution in [2.75, 3.05) is 165 Å². The first-order valence-corrected chi connectivity index (χ1v) is 16.0. The number of carbonyl (C=O) groups is 1. The summed E-state index contributed by atoms with van der Waals surface area (Å²) in [7, 11) is 0. The molecule has 14 nitrogen and oxygen atoms in total. The lowest BCUT2D eigenvalue weighted by Crippen LogP contribution is -2.15. The fraction of sp³-hybridized carbons (Fsp3) is 0.903. The zero-order chi connectivity index (χ0) is 32.6. The molecule has 0 aromatic carbocycles. The van der Waals surface area contributed by atoms with E-state index in [0.29, 0.717) is 165 Å². The normalized spacial score (nSPS) is 11.3. The molecule has 0 bridgehead atoms. The molecule has 0 atom stereocenters. The molecule has 0 rings (SSSR count). The zero-order valence-corrected chi connectivity index (χ0v) is 27.6.